The van der Waals surface area contributed by atoms with E-state index in [2.05, 4.69) is 5.32 Å². The minimum atomic E-state index is -3.96. The molecule has 2 unspecified atom stereocenters. The molecule has 21 heavy (non-hydrogen) atoms. The number of sulfonamides is 1. The fraction of sp³-hybridized carbons (Fsp3) is 0.538. The van der Waals surface area contributed by atoms with E-state index in [1.165, 1.54) is 12.1 Å². The normalized spacial score (nSPS) is 14.7. The molecule has 0 radical (unpaired) electrons. The van der Waals surface area contributed by atoms with Crippen LogP contribution in [0.3, 0.4) is 0 Å². The van der Waals surface area contributed by atoms with Gasteiger partial charge in [0.05, 0.1) is 9.82 Å². The molecular weight excluding hydrogens is 294 g/mol. The fourth-order valence-corrected chi connectivity index (χ4v) is 2.93. The van der Waals surface area contributed by atoms with Crippen LogP contribution in [0.2, 0.25) is 0 Å². The third-order valence-electron chi connectivity index (χ3n) is 3.53. The van der Waals surface area contributed by atoms with Crippen molar-refractivity contribution in [3.63, 3.8) is 0 Å². The zero-order valence-electron chi connectivity index (χ0n) is 12.4. The average Bonchev–Trinajstić information content (AvgIpc) is 2.42. The highest BCUT2D eigenvalue weighted by molar-refractivity contribution is 7.89. The van der Waals surface area contributed by atoms with Crippen molar-refractivity contribution in [2.75, 3.05) is 6.54 Å². The molecular formula is C13H21N3O4S. The van der Waals surface area contributed by atoms with Gasteiger partial charge in [0.1, 0.15) is 0 Å². The summed E-state index contributed by atoms with van der Waals surface area (Å²) >= 11 is 0. The minimum Gasteiger partial charge on any atom is -0.314 e. The smallest absolute Gasteiger partial charge is 0.274 e. The molecule has 0 aliphatic heterocycles. The van der Waals surface area contributed by atoms with E-state index in [9.17, 15) is 18.5 Å². The maximum atomic E-state index is 11.3. The molecule has 2 atom stereocenters. The molecule has 1 rings (SSSR count). The zero-order valence-corrected chi connectivity index (χ0v) is 13.2. The van der Waals surface area contributed by atoms with Crippen LogP contribution in [0.1, 0.15) is 38.7 Å². The Labute approximate surface area is 124 Å². The summed E-state index contributed by atoms with van der Waals surface area (Å²) in [5, 5.41) is 19.5. The molecule has 0 amide bonds. The van der Waals surface area contributed by atoms with Gasteiger partial charge in [-0.05, 0) is 19.0 Å². The number of hydrogen-bond acceptors (Lipinski definition) is 5. The number of nitro benzene ring substituents is 1. The van der Waals surface area contributed by atoms with E-state index in [0.29, 0.717) is 5.56 Å². The van der Waals surface area contributed by atoms with E-state index in [4.69, 9.17) is 5.14 Å². The molecule has 0 heterocycles. The monoisotopic (exact) mass is 315 g/mol. The molecule has 0 saturated heterocycles. The molecule has 7 nitrogen and oxygen atoms in total. The molecule has 0 saturated carbocycles. The fourth-order valence-electron chi connectivity index (χ4n) is 2.40. The van der Waals surface area contributed by atoms with E-state index < -0.39 is 14.9 Å². The standard InChI is InChI=1S/C13H21N3O4S/c1-4-12(15-5-2)9(3)11-7-6-10(21(14,19)20)8-13(11)16(17)18/h6-9,12,15H,4-5H2,1-3H3,(H2,14,19,20). The summed E-state index contributed by atoms with van der Waals surface area (Å²) < 4.78 is 22.6. The van der Waals surface area contributed by atoms with Gasteiger partial charge in [-0.3, -0.25) is 10.1 Å². The highest BCUT2D eigenvalue weighted by Crippen LogP contribution is 2.31. The van der Waals surface area contributed by atoms with Gasteiger partial charge in [-0.15, -0.1) is 0 Å². The van der Waals surface area contributed by atoms with E-state index in [1.807, 2.05) is 20.8 Å². The number of likely N-dealkylation sites (N-methyl/N-ethyl adjacent to an activating group) is 1. The third-order valence-corrected chi connectivity index (χ3v) is 4.44. The lowest BCUT2D eigenvalue weighted by Crippen LogP contribution is -2.33. The molecule has 1 aromatic carbocycles. The van der Waals surface area contributed by atoms with Crippen molar-refractivity contribution in [2.24, 2.45) is 5.14 Å². The van der Waals surface area contributed by atoms with Gasteiger partial charge in [-0.25, -0.2) is 13.6 Å². The van der Waals surface area contributed by atoms with Crippen molar-refractivity contribution < 1.29 is 13.3 Å². The second-order valence-corrected chi connectivity index (χ2v) is 6.45. The van der Waals surface area contributed by atoms with E-state index in [1.54, 1.807) is 0 Å². The van der Waals surface area contributed by atoms with Crippen LogP contribution in [0.4, 0.5) is 5.69 Å². The van der Waals surface area contributed by atoms with E-state index in [-0.39, 0.29) is 22.5 Å². The van der Waals surface area contributed by atoms with Crippen molar-refractivity contribution >= 4 is 15.7 Å². The van der Waals surface area contributed by atoms with Gasteiger partial charge in [-0.1, -0.05) is 26.8 Å². The Morgan fingerprint density at radius 2 is 2.00 bits per heavy atom. The summed E-state index contributed by atoms with van der Waals surface area (Å²) in [4.78, 5) is 10.4. The lowest BCUT2D eigenvalue weighted by Gasteiger charge is -2.23. The third kappa shape index (κ3) is 4.23. The summed E-state index contributed by atoms with van der Waals surface area (Å²) in [5.74, 6) is -0.120. The summed E-state index contributed by atoms with van der Waals surface area (Å²) in [7, 11) is -3.96. The molecule has 0 spiro atoms. The van der Waals surface area contributed by atoms with Gasteiger partial charge in [0.15, 0.2) is 0 Å². The van der Waals surface area contributed by atoms with Crippen LogP contribution in [-0.2, 0) is 10.0 Å². The maximum Gasteiger partial charge on any atom is 0.274 e. The number of primary sulfonamides is 1. The Morgan fingerprint density at radius 3 is 2.43 bits per heavy atom. The number of nitrogens with two attached hydrogens (primary N) is 1. The predicted octanol–water partition coefficient (Wildman–Crippen LogP) is 1.73. The van der Waals surface area contributed by atoms with Crippen molar-refractivity contribution in [1.82, 2.24) is 5.32 Å². The van der Waals surface area contributed by atoms with Crippen molar-refractivity contribution in [3.8, 4) is 0 Å². The van der Waals surface area contributed by atoms with Crippen molar-refractivity contribution in [2.45, 2.75) is 44.0 Å². The van der Waals surface area contributed by atoms with Gasteiger partial charge in [0.25, 0.3) is 5.69 Å². The van der Waals surface area contributed by atoms with Crippen LogP contribution in [0, 0.1) is 10.1 Å². The van der Waals surface area contributed by atoms with Crippen LogP contribution >= 0.6 is 0 Å². The zero-order chi connectivity index (χ0) is 16.2. The SMILES string of the molecule is CCNC(CC)C(C)c1ccc(S(N)(=O)=O)cc1[N+](=O)[O-]. The van der Waals surface area contributed by atoms with E-state index >= 15 is 0 Å². The maximum absolute atomic E-state index is 11.3. The quantitative estimate of drug-likeness (QED) is 0.587. The van der Waals surface area contributed by atoms with Crippen LogP contribution in [0.15, 0.2) is 23.1 Å². The molecule has 0 aliphatic rings. The van der Waals surface area contributed by atoms with Crippen LogP contribution in [-0.4, -0.2) is 25.9 Å². The van der Waals surface area contributed by atoms with Gasteiger partial charge in [0, 0.05) is 23.6 Å². The Bertz CT molecular complexity index is 616. The van der Waals surface area contributed by atoms with Gasteiger partial charge in [-0.2, -0.15) is 0 Å². The first-order valence-corrected chi connectivity index (χ1v) is 8.31. The highest BCUT2D eigenvalue weighted by atomic mass is 32.2. The predicted molar refractivity (Wildman–Crippen MR) is 80.6 cm³/mol. The number of nitrogens with one attached hydrogen (secondary N) is 1. The number of rotatable bonds is 7. The number of hydrogen-bond donors (Lipinski definition) is 2. The van der Waals surface area contributed by atoms with Gasteiger partial charge in [0.2, 0.25) is 10.0 Å². The molecule has 0 fully saturated rings. The Hall–Kier alpha value is -1.51. The summed E-state index contributed by atoms with van der Waals surface area (Å²) in [6, 6.07) is 3.89. The molecule has 3 N–H and O–H groups in total. The number of benzene rings is 1. The lowest BCUT2D eigenvalue weighted by atomic mass is 9.90. The molecule has 1 aromatic rings. The van der Waals surface area contributed by atoms with E-state index in [0.717, 1.165) is 19.0 Å². The largest absolute Gasteiger partial charge is 0.314 e. The second-order valence-electron chi connectivity index (χ2n) is 4.88. The number of nitro groups is 1. The summed E-state index contributed by atoms with van der Waals surface area (Å²) in [5.41, 5.74) is 0.283. The molecule has 0 aliphatic carbocycles. The molecule has 118 valence electrons. The molecule has 0 aromatic heterocycles. The topological polar surface area (TPSA) is 115 Å². The van der Waals surface area contributed by atoms with Crippen LogP contribution in [0.5, 0.6) is 0 Å². The first-order valence-electron chi connectivity index (χ1n) is 6.76. The van der Waals surface area contributed by atoms with Crippen LogP contribution in [0.25, 0.3) is 0 Å². The van der Waals surface area contributed by atoms with Crippen molar-refractivity contribution in [3.05, 3.63) is 33.9 Å². The lowest BCUT2D eigenvalue weighted by molar-refractivity contribution is -0.386. The Morgan fingerprint density at radius 1 is 1.38 bits per heavy atom. The average molecular weight is 315 g/mol. The Kier molecular flexibility index (Phi) is 5.82. The first-order chi connectivity index (χ1) is 9.72. The van der Waals surface area contributed by atoms with Gasteiger partial charge >= 0.3 is 0 Å². The summed E-state index contributed by atoms with van der Waals surface area (Å²) in [6.45, 7) is 6.60. The first kappa shape index (κ1) is 17.5. The Balaban J connectivity index is 3.33. The number of nitrogens with zero attached hydrogens (tertiary/aromatic N) is 1. The minimum absolute atomic E-state index is 0.0778. The van der Waals surface area contributed by atoms with Crippen LogP contribution < -0.4 is 10.5 Å². The molecule has 8 heteroatoms. The summed E-state index contributed by atoms with van der Waals surface area (Å²) in [6.07, 6.45) is 0.809. The van der Waals surface area contributed by atoms with Gasteiger partial charge < -0.3 is 5.32 Å². The second kappa shape index (κ2) is 6.97. The van der Waals surface area contributed by atoms with Crippen molar-refractivity contribution in [1.29, 1.82) is 0 Å². The highest BCUT2D eigenvalue weighted by Gasteiger charge is 2.26. The molecule has 0 bridgehead atoms.